The van der Waals surface area contributed by atoms with E-state index in [1.807, 2.05) is 19.9 Å². The summed E-state index contributed by atoms with van der Waals surface area (Å²) in [5.74, 6) is -1.27. The van der Waals surface area contributed by atoms with Crippen molar-refractivity contribution in [1.29, 1.82) is 0 Å². The predicted molar refractivity (Wildman–Crippen MR) is 102 cm³/mol. The highest BCUT2D eigenvalue weighted by molar-refractivity contribution is 7.91. The number of phenols is 1. The van der Waals surface area contributed by atoms with E-state index in [2.05, 4.69) is 4.72 Å². The lowest BCUT2D eigenvalue weighted by Crippen LogP contribution is -2.29. The molecule has 3 rings (SSSR count). The van der Waals surface area contributed by atoms with Crippen LogP contribution in [0, 0.1) is 11.2 Å². The molecule has 0 bridgehead atoms. The highest BCUT2D eigenvalue weighted by Crippen LogP contribution is 2.38. The van der Waals surface area contributed by atoms with Crippen LogP contribution >= 0.6 is 0 Å². The van der Waals surface area contributed by atoms with Crippen molar-refractivity contribution in [3.63, 3.8) is 0 Å². The van der Waals surface area contributed by atoms with Crippen LogP contribution in [-0.4, -0.2) is 19.8 Å². The SMILES string of the molecule is CC(C)(C=O)CCCc1ccc2cc(O)c(N3C=CNS3(=O)=O)c(F)c2c1. The van der Waals surface area contributed by atoms with Gasteiger partial charge in [0, 0.05) is 23.2 Å². The average molecular weight is 392 g/mol. The molecule has 0 amide bonds. The Morgan fingerprint density at radius 3 is 2.67 bits per heavy atom. The van der Waals surface area contributed by atoms with Crippen LogP contribution in [0.2, 0.25) is 0 Å². The number of hydrogen-bond donors (Lipinski definition) is 2. The first kappa shape index (κ1) is 19.2. The van der Waals surface area contributed by atoms with E-state index >= 15 is 4.39 Å². The molecule has 2 aromatic carbocycles. The highest BCUT2D eigenvalue weighted by atomic mass is 32.2. The Morgan fingerprint density at radius 1 is 1.30 bits per heavy atom. The van der Waals surface area contributed by atoms with E-state index in [1.165, 1.54) is 6.07 Å². The van der Waals surface area contributed by atoms with Gasteiger partial charge in [-0.1, -0.05) is 26.0 Å². The number of anilines is 1. The van der Waals surface area contributed by atoms with Gasteiger partial charge < -0.3 is 9.90 Å². The van der Waals surface area contributed by atoms with Gasteiger partial charge in [0.15, 0.2) is 5.82 Å². The molecule has 0 atom stereocenters. The molecule has 0 radical (unpaired) electrons. The number of fused-ring (bicyclic) bond motifs is 1. The number of phenolic OH excluding ortho intramolecular Hbond substituents is 1. The van der Waals surface area contributed by atoms with Crippen LogP contribution in [0.25, 0.3) is 10.8 Å². The molecule has 8 heteroatoms. The van der Waals surface area contributed by atoms with Gasteiger partial charge in [0.05, 0.1) is 0 Å². The molecule has 0 unspecified atom stereocenters. The molecule has 2 aromatic rings. The van der Waals surface area contributed by atoms with Crippen LogP contribution in [0.1, 0.15) is 32.3 Å². The summed E-state index contributed by atoms with van der Waals surface area (Å²) in [5.41, 5.74) is 0.0606. The van der Waals surface area contributed by atoms with E-state index in [0.29, 0.717) is 22.5 Å². The molecule has 27 heavy (non-hydrogen) atoms. The van der Waals surface area contributed by atoms with E-state index in [-0.39, 0.29) is 5.39 Å². The minimum absolute atomic E-state index is 0.227. The smallest absolute Gasteiger partial charge is 0.327 e. The third-order valence-electron chi connectivity index (χ3n) is 4.61. The van der Waals surface area contributed by atoms with Gasteiger partial charge in [-0.25, -0.2) is 8.70 Å². The van der Waals surface area contributed by atoms with Crippen molar-refractivity contribution < 1.29 is 22.7 Å². The Balaban J connectivity index is 1.96. The number of aldehydes is 1. The van der Waals surface area contributed by atoms with Gasteiger partial charge in [-0.3, -0.25) is 4.72 Å². The number of rotatable bonds is 6. The molecule has 0 aliphatic carbocycles. The zero-order valence-corrected chi connectivity index (χ0v) is 15.9. The number of benzene rings is 2. The summed E-state index contributed by atoms with van der Waals surface area (Å²) in [6.45, 7) is 3.74. The van der Waals surface area contributed by atoms with E-state index < -0.39 is 32.9 Å². The summed E-state index contributed by atoms with van der Waals surface area (Å²) >= 11 is 0. The van der Waals surface area contributed by atoms with Crippen molar-refractivity contribution in [3.8, 4) is 5.75 Å². The molecule has 1 aliphatic heterocycles. The lowest BCUT2D eigenvalue weighted by atomic mass is 9.88. The third kappa shape index (κ3) is 3.75. The number of carbonyl (C=O) groups is 1. The standard InChI is InChI=1S/C19H21FN2O4S/c1-19(2,12-23)7-3-4-13-5-6-14-11-16(24)18(17(20)15(14)10-13)22-9-8-21-27(22,25)26/h5-6,8-12,21,24H,3-4,7H2,1-2H3. The topological polar surface area (TPSA) is 86.7 Å². The quantitative estimate of drug-likeness (QED) is 0.738. The van der Waals surface area contributed by atoms with Gasteiger partial charge in [0.2, 0.25) is 0 Å². The number of carbonyl (C=O) groups excluding carboxylic acids is 1. The maximum Gasteiger partial charge on any atom is 0.327 e. The minimum Gasteiger partial charge on any atom is -0.506 e. The summed E-state index contributed by atoms with van der Waals surface area (Å²) in [7, 11) is -3.96. The van der Waals surface area contributed by atoms with Crippen LogP contribution in [0.4, 0.5) is 10.1 Å². The fourth-order valence-electron chi connectivity index (χ4n) is 3.06. The zero-order valence-electron chi connectivity index (χ0n) is 15.1. The van der Waals surface area contributed by atoms with Crippen molar-refractivity contribution in [2.24, 2.45) is 5.41 Å². The molecule has 2 N–H and O–H groups in total. The van der Waals surface area contributed by atoms with Crippen molar-refractivity contribution in [2.45, 2.75) is 33.1 Å². The van der Waals surface area contributed by atoms with E-state index in [0.717, 1.165) is 30.7 Å². The predicted octanol–water partition coefficient (Wildman–Crippen LogP) is 3.36. The number of hydrogen-bond acceptors (Lipinski definition) is 4. The Labute approximate surface area is 157 Å². The molecule has 144 valence electrons. The zero-order chi connectivity index (χ0) is 19.8. The van der Waals surface area contributed by atoms with Gasteiger partial charge in [-0.15, -0.1) is 0 Å². The lowest BCUT2D eigenvalue weighted by molar-refractivity contribution is -0.115. The highest BCUT2D eigenvalue weighted by Gasteiger charge is 2.30. The fourth-order valence-corrected chi connectivity index (χ4v) is 4.04. The molecule has 1 heterocycles. The number of aromatic hydroxyl groups is 1. The second kappa shape index (κ2) is 6.84. The maximum atomic E-state index is 15.1. The van der Waals surface area contributed by atoms with E-state index in [4.69, 9.17) is 0 Å². The van der Waals surface area contributed by atoms with E-state index in [9.17, 15) is 18.3 Å². The van der Waals surface area contributed by atoms with Crippen LogP contribution in [-0.2, 0) is 21.4 Å². The summed E-state index contributed by atoms with van der Waals surface area (Å²) in [6.07, 6.45) is 5.36. The second-order valence-electron chi connectivity index (χ2n) is 7.31. The molecule has 1 aliphatic rings. The Bertz CT molecular complexity index is 1030. The summed E-state index contributed by atoms with van der Waals surface area (Å²) in [4.78, 5) is 11.0. The fraction of sp³-hybridized carbons (Fsp3) is 0.316. The molecular formula is C19H21FN2O4S. The molecule has 0 saturated carbocycles. The van der Waals surface area contributed by atoms with Crippen LogP contribution in [0.3, 0.4) is 0 Å². The van der Waals surface area contributed by atoms with Crippen molar-refractivity contribution >= 4 is 33.0 Å². The Hall–Kier alpha value is -2.61. The number of aryl methyl sites for hydroxylation is 1. The Kier molecular flexibility index (Phi) is 4.86. The first-order chi connectivity index (χ1) is 12.6. The molecule has 0 aromatic heterocycles. The van der Waals surface area contributed by atoms with Crippen molar-refractivity contribution in [3.05, 3.63) is 48.0 Å². The maximum absolute atomic E-state index is 15.1. The van der Waals surface area contributed by atoms with Gasteiger partial charge in [-0.05, 0) is 42.3 Å². The van der Waals surface area contributed by atoms with Crippen LogP contribution < -0.4 is 9.03 Å². The first-order valence-corrected chi connectivity index (χ1v) is 9.97. The second-order valence-corrected chi connectivity index (χ2v) is 8.89. The van der Waals surface area contributed by atoms with Crippen molar-refractivity contribution in [2.75, 3.05) is 4.31 Å². The van der Waals surface area contributed by atoms with Crippen LogP contribution in [0.15, 0.2) is 36.7 Å². The number of nitrogens with zero attached hydrogens (tertiary/aromatic N) is 1. The molecule has 0 spiro atoms. The molecular weight excluding hydrogens is 371 g/mol. The van der Waals surface area contributed by atoms with Gasteiger partial charge >= 0.3 is 10.2 Å². The average Bonchev–Trinajstić information content (AvgIpc) is 2.94. The van der Waals surface area contributed by atoms with Gasteiger partial charge in [-0.2, -0.15) is 8.42 Å². The number of halogens is 1. The minimum atomic E-state index is -3.96. The monoisotopic (exact) mass is 392 g/mol. The summed E-state index contributed by atoms with van der Waals surface area (Å²) in [5, 5.41) is 10.9. The summed E-state index contributed by atoms with van der Waals surface area (Å²) < 4.78 is 41.9. The summed E-state index contributed by atoms with van der Waals surface area (Å²) in [6, 6.07) is 6.52. The van der Waals surface area contributed by atoms with Crippen molar-refractivity contribution in [1.82, 2.24) is 4.72 Å². The van der Waals surface area contributed by atoms with Gasteiger partial charge in [0.25, 0.3) is 0 Å². The van der Waals surface area contributed by atoms with Gasteiger partial charge in [0.1, 0.15) is 17.7 Å². The third-order valence-corrected chi connectivity index (χ3v) is 5.86. The van der Waals surface area contributed by atoms with Crippen LogP contribution in [0.5, 0.6) is 5.75 Å². The Morgan fingerprint density at radius 2 is 2.04 bits per heavy atom. The molecule has 6 nitrogen and oxygen atoms in total. The largest absolute Gasteiger partial charge is 0.506 e. The normalized spacial score (nSPS) is 15.9. The lowest BCUT2D eigenvalue weighted by Gasteiger charge is -2.18. The molecule has 0 saturated heterocycles. The first-order valence-electron chi connectivity index (χ1n) is 8.53. The number of nitrogens with one attached hydrogen (secondary N) is 1. The molecule has 0 fully saturated rings. The van der Waals surface area contributed by atoms with E-state index in [1.54, 1.807) is 12.1 Å².